The standard InChI is InChI=1S/C23H25N5O2/c1-2-6-20(24)28-19-12-11-15(13-18(19)27-23(30)21(28)25)22(29)26-17-10-5-8-14-7-3-4-9-16(14)17/h3-4,7,9,11-13,17,24-25H,2,5-6,8,10H2,1H3,(H,26,29)(H,27,30). The van der Waals surface area contributed by atoms with Crippen molar-refractivity contribution in [3.8, 4) is 0 Å². The minimum Gasteiger partial charge on any atom is -0.345 e. The normalized spacial score (nSPS) is 15.6. The molecule has 4 N–H and O–H groups in total. The summed E-state index contributed by atoms with van der Waals surface area (Å²) in [6, 6.07) is 13.1. The molecule has 3 aromatic rings. The lowest BCUT2D eigenvalue weighted by molar-refractivity contribution is 0.0933. The highest BCUT2D eigenvalue weighted by molar-refractivity contribution is 5.99. The van der Waals surface area contributed by atoms with E-state index in [0.717, 1.165) is 31.2 Å². The quantitative estimate of drug-likeness (QED) is 0.396. The zero-order chi connectivity index (χ0) is 21.3. The molecular weight excluding hydrogens is 378 g/mol. The van der Waals surface area contributed by atoms with Gasteiger partial charge in [0.05, 0.1) is 17.1 Å². The summed E-state index contributed by atoms with van der Waals surface area (Å²) >= 11 is 0. The summed E-state index contributed by atoms with van der Waals surface area (Å²) in [5.74, 6) is -0.0146. The molecule has 0 spiro atoms. The van der Waals surface area contributed by atoms with Crippen molar-refractivity contribution in [3.05, 3.63) is 75.0 Å². The maximum atomic E-state index is 13.0. The molecule has 7 heteroatoms. The van der Waals surface area contributed by atoms with Gasteiger partial charge >= 0.3 is 0 Å². The number of nitrogens with zero attached hydrogens (tertiary/aromatic N) is 1. The summed E-state index contributed by atoms with van der Waals surface area (Å²) in [4.78, 5) is 27.9. The average Bonchev–Trinajstić information content (AvgIpc) is 2.74. The van der Waals surface area contributed by atoms with E-state index in [1.807, 2.05) is 19.1 Å². The number of aryl methyl sites for hydroxylation is 1. The molecule has 1 aliphatic carbocycles. The number of benzene rings is 2. The summed E-state index contributed by atoms with van der Waals surface area (Å²) in [5.41, 5.74) is 2.99. The number of carbonyl (C=O) groups is 1. The highest BCUT2D eigenvalue weighted by Gasteiger charge is 2.22. The molecule has 0 fully saturated rings. The first kappa shape index (κ1) is 19.8. The Morgan fingerprint density at radius 2 is 2.07 bits per heavy atom. The highest BCUT2D eigenvalue weighted by Crippen LogP contribution is 2.29. The molecular formula is C23H25N5O2. The number of amides is 1. The first-order valence-electron chi connectivity index (χ1n) is 10.3. The van der Waals surface area contributed by atoms with Crippen LogP contribution in [0.3, 0.4) is 0 Å². The van der Waals surface area contributed by atoms with Crippen LogP contribution in [0, 0.1) is 10.8 Å². The van der Waals surface area contributed by atoms with Gasteiger partial charge in [-0.2, -0.15) is 0 Å². The maximum Gasteiger partial charge on any atom is 0.291 e. The molecule has 1 aromatic heterocycles. The van der Waals surface area contributed by atoms with Crippen molar-refractivity contribution in [1.82, 2.24) is 14.9 Å². The molecule has 7 nitrogen and oxygen atoms in total. The van der Waals surface area contributed by atoms with E-state index in [4.69, 9.17) is 10.8 Å². The predicted octanol–water partition coefficient (Wildman–Crippen LogP) is 3.24. The number of rotatable bonds is 4. The molecule has 0 saturated carbocycles. The molecule has 1 atom stereocenters. The zero-order valence-electron chi connectivity index (χ0n) is 16.9. The van der Waals surface area contributed by atoms with Crippen LogP contribution < -0.4 is 16.4 Å². The van der Waals surface area contributed by atoms with E-state index in [2.05, 4.69) is 22.4 Å². The van der Waals surface area contributed by atoms with Gasteiger partial charge in [-0.05, 0) is 55.0 Å². The Kier molecular flexibility index (Phi) is 5.35. The molecule has 1 amide bonds. The van der Waals surface area contributed by atoms with Crippen LogP contribution in [0.25, 0.3) is 11.0 Å². The Morgan fingerprint density at radius 3 is 2.87 bits per heavy atom. The number of carbonyl (C=O) groups excluding carboxylic acids is 1. The monoisotopic (exact) mass is 403 g/mol. The molecule has 0 radical (unpaired) electrons. The number of H-pyrrole nitrogens is 1. The van der Waals surface area contributed by atoms with E-state index in [-0.39, 0.29) is 23.3 Å². The van der Waals surface area contributed by atoms with Crippen molar-refractivity contribution >= 4 is 22.8 Å². The van der Waals surface area contributed by atoms with Gasteiger partial charge in [0.1, 0.15) is 5.84 Å². The Labute approximate surface area is 173 Å². The van der Waals surface area contributed by atoms with E-state index in [0.29, 0.717) is 23.0 Å². The van der Waals surface area contributed by atoms with Gasteiger partial charge in [0.2, 0.25) is 0 Å². The van der Waals surface area contributed by atoms with Crippen molar-refractivity contribution in [3.63, 3.8) is 0 Å². The van der Waals surface area contributed by atoms with Gasteiger partial charge in [-0.15, -0.1) is 0 Å². The highest BCUT2D eigenvalue weighted by atomic mass is 16.1. The molecule has 154 valence electrons. The van der Waals surface area contributed by atoms with Crippen molar-refractivity contribution in [2.75, 3.05) is 0 Å². The number of fused-ring (bicyclic) bond motifs is 2. The van der Waals surface area contributed by atoms with Gasteiger partial charge in [-0.3, -0.25) is 25.0 Å². The third-order valence-corrected chi connectivity index (χ3v) is 5.62. The van der Waals surface area contributed by atoms with Gasteiger partial charge in [-0.25, -0.2) is 0 Å². The lowest BCUT2D eigenvalue weighted by Crippen LogP contribution is -2.39. The van der Waals surface area contributed by atoms with Gasteiger partial charge < -0.3 is 10.3 Å². The SMILES string of the molecule is CCCC(=N)n1c(=N)c(=O)[nH]c2cc(C(=O)NC3CCCc4ccccc43)ccc21. The second-order valence-corrected chi connectivity index (χ2v) is 7.68. The van der Waals surface area contributed by atoms with Gasteiger partial charge in [0.25, 0.3) is 11.5 Å². The lowest BCUT2D eigenvalue weighted by Gasteiger charge is -2.26. The molecule has 0 bridgehead atoms. The first-order valence-corrected chi connectivity index (χ1v) is 10.3. The van der Waals surface area contributed by atoms with Gasteiger partial charge in [-0.1, -0.05) is 31.2 Å². The van der Waals surface area contributed by atoms with E-state index >= 15 is 0 Å². The fraction of sp³-hybridized carbons (Fsp3) is 0.304. The van der Waals surface area contributed by atoms with Crippen LogP contribution in [0.1, 0.15) is 60.1 Å². The largest absolute Gasteiger partial charge is 0.345 e. The van der Waals surface area contributed by atoms with E-state index in [1.54, 1.807) is 18.2 Å². The van der Waals surface area contributed by atoms with Crippen molar-refractivity contribution < 1.29 is 4.79 Å². The molecule has 4 rings (SSSR count). The van der Waals surface area contributed by atoms with Crippen LogP contribution in [0.5, 0.6) is 0 Å². The van der Waals surface area contributed by atoms with Crippen molar-refractivity contribution in [2.45, 2.75) is 45.1 Å². The molecule has 1 aliphatic rings. The smallest absolute Gasteiger partial charge is 0.291 e. The Hall–Kier alpha value is -3.48. The Bertz CT molecular complexity index is 1250. The molecule has 30 heavy (non-hydrogen) atoms. The minimum atomic E-state index is -0.581. The number of hydrogen-bond acceptors (Lipinski definition) is 4. The van der Waals surface area contributed by atoms with Crippen molar-refractivity contribution in [2.24, 2.45) is 0 Å². The summed E-state index contributed by atoms with van der Waals surface area (Å²) in [6.45, 7) is 1.94. The van der Waals surface area contributed by atoms with Gasteiger partial charge in [0, 0.05) is 12.0 Å². The summed E-state index contributed by atoms with van der Waals surface area (Å²) in [6.07, 6.45) is 4.14. The molecule has 0 aliphatic heterocycles. The van der Waals surface area contributed by atoms with E-state index < -0.39 is 5.56 Å². The number of aromatic amines is 1. The van der Waals surface area contributed by atoms with Crippen molar-refractivity contribution in [1.29, 1.82) is 10.8 Å². The third kappa shape index (κ3) is 3.58. The third-order valence-electron chi connectivity index (χ3n) is 5.62. The topological polar surface area (TPSA) is 115 Å². The fourth-order valence-corrected chi connectivity index (χ4v) is 4.15. The summed E-state index contributed by atoms with van der Waals surface area (Å²) < 4.78 is 1.34. The molecule has 2 aromatic carbocycles. The van der Waals surface area contributed by atoms with E-state index in [1.165, 1.54) is 10.1 Å². The van der Waals surface area contributed by atoms with Gasteiger partial charge in [0.15, 0.2) is 5.49 Å². The minimum absolute atomic E-state index is 0.0320. The van der Waals surface area contributed by atoms with Crippen LogP contribution in [0.15, 0.2) is 47.3 Å². The van der Waals surface area contributed by atoms with Crippen LogP contribution >= 0.6 is 0 Å². The molecule has 0 saturated heterocycles. The zero-order valence-corrected chi connectivity index (χ0v) is 16.9. The first-order chi connectivity index (χ1) is 14.5. The fourth-order valence-electron chi connectivity index (χ4n) is 4.15. The Morgan fingerprint density at radius 1 is 1.27 bits per heavy atom. The summed E-state index contributed by atoms with van der Waals surface area (Å²) in [5, 5.41) is 19.4. The lowest BCUT2D eigenvalue weighted by atomic mass is 9.87. The number of nitrogens with one attached hydrogen (secondary N) is 4. The van der Waals surface area contributed by atoms with Crippen LogP contribution in [0.4, 0.5) is 0 Å². The average molecular weight is 403 g/mol. The second kappa shape index (κ2) is 8.10. The maximum absolute atomic E-state index is 13.0. The van der Waals surface area contributed by atoms with Crippen LogP contribution in [-0.2, 0) is 6.42 Å². The summed E-state index contributed by atoms with van der Waals surface area (Å²) in [7, 11) is 0. The van der Waals surface area contributed by atoms with Crippen LogP contribution in [0.2, 0.25) is 0 Å². The Balaban J connectivity index is 1.68. The van der Waals surface area contributed by atoms with E-state index in [9.17, 15) is 9.59 Å². The molecule has 1 unspecified atom stereocenters. The van der Waals surface area contributed by atoms with Crippen LogP contribution in [-0.4, -0.2) is 21.3 Å². The number of hydrogen-bond donors (Lipinski definition) is 4. The molecule has 1 heterocycles. The number of aromatic nitrogens is 2. The second-order valence-electron chi connectivity index (χ2n) is 7.68. The predicted molar refractivity (Wildman–Crippen MR) is 116 cm³/mol.